The van der Waals surface area contributed by atoms with E-state index in [1.807, 2.05) is 30.3 Å². The van der Waals surface area contributed by atoms with Gasteiger partial charge in [0, 0.05) is 12.0 Å². The van der Waals surface area contributed by atoms with Crippen molar-refractivity contribution in [1.29, 1.82) is 0 Å². The maximum Gasteiger partial charge on any atom is 0.224 e. The van der Waals surface area contributed by atoms with Gasteiger partial charge in [0.15, 0.2) is 11.5 Å². The van der Waals surface area contributed by atoms with E-state index in [0.717, 1.165) is 36.6 Å². The molecule has 3 rings (SSSR count). The quantitative estimate of drug-likeness (QED) is 0.769. The molecule has 0 fully saturated rings. The lowest BCUT2D eigenvalue weighted by Gasteiger charge is -2.37. The van der Waals surface area contributed by atoms with Crippen molar-refractivity contribution in [1.82, 2.24) is 5.32 Å². The van der Waals surface area contributed by atoms with Gasteiger partial charge in [-0.25, -0.2) is 0 Å². The number of carbonyl (C=O) groups excluding carboxylic acids is 1. The van der Waals surface area contributed by atoms with E-state index < -0.39 is 0 Å². The molecule has 1 amide bonds. The Kier molecular flexibility index (Phi) is 6.57. The summed E-state index contributed by atoms with van der Waals surface area (Å²) >= 11 is 0. The Labute approximate surface area is 167 Å². The van der Waals surface area contributed by atoms with Gasteiger partial charge in [-0.15, -0.1) is 0 Å². The standard InChI is InChI=1S/C23H30N2O3/c1-5-25-12-11-18-14-20(27-3)21(28-4)15-19(18)23(25)16(2)24-22(26)13-17-9-7-6-8-10-17/h6-10,14-16,23H,5,11-13H2,1-4H3,(H,24,26)/p+1/t16-,23+/m1/s1. The first-order valence-electron chi connectivity index (χ1n) is 10.00. The second-order valence-electron chi connectivity index (χ2n) is 7.41. The highest BCUT2D eigenvalue weighted by Crippen LogP contribution is 2.34. The topological polar surface area (TPSA) is 52.0 Å². The number of nitrogens with one attached hydrogen (secondary N) is 2. The van der Waals surface area contributed by atoms with Crippen LogP contribution in [0.2, 0.25) is 0 Å². The Hall–Kier alpha value is -2.53. The minimum absolute atomic E-state index is 0.0170. The summed E-state index contributed by atoms with van der Waals surface area (Å²) in [5.74, 6) is 1.56. The van der Waals surface area contributed by atoms with Gasteiger partial charge in [0.05, 0.1) is 39.8 Å². The number of methoxy groups -OCH3 is 2. The first-order chi connectivity index (χ1) is 13.6. The third-order valence-electron chi connectivity index (χ3n) is 5.69. The summed E-state index contributed by atoms with van der Waals surface area (Å²) in [5, 5.41) is 3.24. The Morgan fingerprint density at radius 2 is 1.86 bits per heavy atom. The van der Waals surface area contributed by atoms with Gasteiger partial charge in [-0.3, -0.25) is 4.79 Å². The van der Waals surface area contributed by atoms with E-state index in [9.17, 15) is 4.79 Å². The third kappa shape index (κ3) is 4.30. The second kappa shape index (κ2) is 9.11. The number of rotatable bonds is 7. The molecule has 2 N–H and O–H groups in total. The van der Waals surface area contributed by atoms with Crippen molar-refractivity contribution >= 4 is 5.91 Å². The molecule has 0 aliphatic carbocycles. The number of ether oxygens (including phenoxy) is 2. The zero-order valence-corrected chi connectivity index (χ0v) is 17.2. The van der Waals surface area contributed by atoms with Crippen LogP contribution < -0.4 is 19.7 Å². The predicted molar refractivity (Wildman–Crippen MR) is 110 cm³/mol. The number of hydrogen-bond acceptors (Lipinski definition) is 3. The maximum absolute atomic E-state index is 12.6. The molecular formula is C23H31N2O3+. The van der Waals surface area contributed by atoms with Crippen LogP contribution in [0.4, 0.5) is 0 Å². The van der Waals surface area contributed by atoms with Gasteiger partial charge in [-0.2, -0.15) is 0 Å². The fraction of sp³-hybridized carbons (Fsp3) is 0.435. The number of amides is 1. The molecule has 1 aliphatic rings. The summed E-state index contributed by atoms with van der Waals surface area (Å²) < 4.78 is 11.0. The minimum Gasteiger partial charge on any atom is -0.493 e. The molecule has 0 bridgehead atoms. The van der Waals surface area contributed by atoms with Crippen molar-refractivity contribution in [3.05, 3.63) is 59.2 Å². The Morgan fingerprint density at radius 1 is 1.18 bits per heavy atom. The van der Waals surface area contributed by atoms with Crippen molar-refractivity contribution in [2.75, 3.05) is 27.3 Å². The van der Waals surface area contributed by atoms with Gasteiger partial charge in [0.25, 0.3) is 0 Å². The molecule has 28 heavy (non-hydrogen) atoms. The van der Waals surface area contributed by atoms with Crippen LogP contribution in [-0.2, 0) is 17.6 Å². The largest absolute Gasteiger partial charge is 0.493 e. The Bertz CT molecular complexity index is 807. The summed E-state index contributed by atoms with van der Waals surface area (Å²) in [6.07, 6.45) is 1.40. The van der Waals surface area contributed by atoms with E-state index in [2.05, 4.69) is 31.3 Å². The Balaban J connectivity index is 1.83. The van der Waals surface area contributed by atoms with Gasteiger partial charge in [0.2, 0.25) is 5.91 Å². The van der Waals surface area contributed by atoms with Crippen LogP contribution in [0.15, 0.2) is 42.5 Å². The van der Waals surface area contributed by atoms with Crippen LogP contribution in [-0.4, -0.2) is 39.3 Å². The molecule has 0 aromatic heterocycles. The molecule has 1 aliphatic heterocycles. The van der Waals surface area contributed by atoms with Crippen molar-refractivity contribution < 1.29 is 19.2 Å². The molecule has 0 radical (unpaired) electrons. The molecule has 3 atom stereocenters. The van der Waals surface area contributed by atoms with Crippen molar-refractivity contribution in [3.8, 4) is 11.5 Å². The summed E-state index contributed by atoms with van der Waals surface area (Å²) in [7, 11) is 3.33. The van der Waals surface area contributed by atoms with Gasteiger partial charge in [-0.1, -0.05) is 30.3 Å². The first-order valence-corrected chi connectivity index (χ1v) is 10.00. The fourth-order valence-corrected chi connectivity index (χ4v) is 4.30. The van der Waals surface area contributed by atoms with Crippen LogP contribution in [0, 0.1) is 0 Å². The van der Waals surface area contributed by atoms with Crippen molar-refractivity contribution in [2.45, 2.75) is 38.8 Å². The average Bonchev–Trinajstić information content (AvgIpc) is 2.72. The molecule has 0 saturated carbocycles. The van der Waals surface area contributed by atoms with Gasteiger partial charge < -0.3 is 19.7 Å². The lowest BCUT2D eigenvalue weighted by atomic mass is 9.88. The monoisotopic (exact) mass is 383 g/mol. The fourth-order valence-electron chi connectivity index (χ4n) is 4.30. The molecule has 5 nitrogen and oxygen atoms in total. The predicted octanol–water partition coefficient (Wildman–Crippen LogP) is 1.95. The number of benzene rings is 2. The van der Waals surface area contributed by atoms with E-state index in [0.29, 0.717) is 6.42 Å². The van der Waals surface area contributed by atoms with Crippen molar-refractivity contribution in [2.24, 2.45) is 0 Å². The van der Waals surface area contributed by atoms with Crippen LogP contribution >= 0.6 is 0 Å². The van der Waals surface area contributed by atoms with E-state index in [4.69, 9.17) is 9.47 Å². The van der Waals surface area contributed by atoms with Gasteiger partial charge in [-0.05, 0) is 37.1 Å². The smallest absolute Gasteiger partial charge is 0.224 e. The van der Waals surface area contributed by atoms with Crippen LogP contribution in [0.5, 0.6) is 11.5 Å². The number of fused-ring (bicyclic) bond motifs is 1. The Morgan fingerprint density at radius 3 is 2.50 bits per heavy atom. The first kappa shape index (κ1) is 20.2. The highest BCUT2D eigenvalue weighted by Gasteiger charge is 2.36. The SMILES string of the molecule is CC[NH+]1CCc2cc(OC)c(OC)cc2[C@@H]1[C@@H](C)NC(=O)Cc1ccccc1. The van der Waals surface area contributed by atoms with Gasteiger partial charge in [0.1, 0.15) is 6.04 Å². The lowest BCUT2D eigenvalue weighted by molar-refractivity contribution is -0.933. The van der Waals surface area contributed by atoms with Crippen LogP contribution in [0.3, 0.4) is 0 Å². The van der Waals surface area contributed by atoms with E-state index in [1.54, 1.807) is 14.2 Å². The zero-order chi connectivity index (χ0) is 20.1. The zero-order valence-electron chi connectivity index (χ0n) is 17.2. The normalized spacial score (nSPS) is 19.4. The minimum atomic E-state index is 0.0170. The van der Waals surface area contributed by atoms with E-state index in [1.165, 1.54) is 16.0 Å². The molecule has 150 valence electrons. The summed E-state index contributed by atoms with van der Waals surface area (Å²) in [4.78, 5) is 14.1. The molecular weight excluding hydrogens is 352 g/mol. The number of carbonyl (C=O) groups is 1. The van der Waals surface area contributed by atoms with Crippen LogP contribution in [0.25, 0.3) is 0 Å². The molecule has 5 heteroatoms. The second-order valence-corrected chi connectivity index (χ2v) is 7.41. The molecule has 1 unspecified atom stereocenters. The average molecular weight is 384 g/mol. The number of hydrogen-bond donors (Lipinski definition) is 2. The van der Waals surface area contributed by atoms with Crippen molar-refractivity contribution in [3.63, 3.8) is 0 Å². The van der Waals surface area contributed by atoms with E-state index in [-0.39, 0.29) is 18.0 Å². The molecule has 0 saturated heterocycles. The summed E-state index contributed by atoms with van der Waals surface area (Å²) in [5.41, 5.74) is 3.56. The number of likely N-dealkylation sites (N-methyl/N-ethyl adjacent to an activating group) is 1. The van der Waals surface area contributed by atoms with Gasteiger partial charge >= 0.3 is 0 Å². The van der Waals surface area contributed by atoms with E-state index >= 15 is 0 Å². The molecule has 2 aromatic carbocycles. The third-order valence-corrected chi connectivity index (χ3v) is 5.69. The molecule has 2 aromatic rings. The highest BCUT2D eigenvalue weighted by atomic mass is 16.5. The summed E-state index contributed by atoms with van der Waals surface area (Å²) in [6.45, 7) is 6.36. The maximum atomic E-state index is 12.6. The summed E-state index contributed by atoms with van der Waals surface area (Å²) in [6, 6.07) is 14.3. The van der Waals surface area contributed by atoms with Crippen LogP contribution in [0.1, 0.15) is 36.6 Å². The highest BCUT2D eigenvalue weighted by molar-refractivity contribution is 5.78. The number of quaternary nitrogens is 1. The molecule has 0 spiro atoms. The lowest BCUT2D eigenvalue weighted by Crippen LogP contribution is -3.14. The molecule has 1 heterocycles.